The Morgan fingerprint density at radius 1 is 0.591 bits per heavy atom. The minimum Gasteiger partial charge on any atom is -0.487 e. The van der Waals surface area contributed by atoms with E-state index in [1.54, 1.807) is 0 Å². The van der Waals surface area contributed by atoms with Crippen molar-refractivity contribution in [2.75, 3.05) is 0 Å². The second kappa shape index (κ2) is 6.04. The van der Waals surface area contributed by atoms with Gasteiger partial charge < -0.3 is 9.47 Å². The molecule has 118 valence electrons. The van der Waals surface area contributed by atoms with Crippen molar-refractivity contribution in [1.82, 2.24) is 0 Å². The molecule has 0 fully saturated rings. The number of benzene rings is 2. The first-order valence-corrected chi connectivity index (χ1v) is 7.72. The van der Waals surface area contributed by atoms with Crippen LogP contribution in [0.1, 0.15) is 41.5 Å². The Labute approximate surface area is 134 Å². The lowest BCUT2D eigenvalue weighted by atomic mass is 10.0. The molecule has 22 heavy (non-hydrogen) atoms. The highest BCUT2D eigenvalue weighted by Crippen LogP contribution is 2.41. The fourth-order valence-electron chi connectivity index (χ4n) is 2.23. The molecule has 0 N–H and O–H groups in total. The van der Waals surface area contributed by atoms with E-state index in [9.17, 15) is 0 Å². The van der Waals surface area contributed by atoms with Crippen LogP contribution in [0.2, 0.25) is 0 Å². The van der Waals surface area contributed by atoms with Crippen molar-refractivity contribution in [3.63, 3.8) is 0 Å². The summed E-state index contributed by atoms with van der Waals surface area (Å²) in [6.45, 7) is 12.3. The third kappa shape index (κ3) is 4.52. The van der Waals surface area contributed by atoms with Crippen LogP contribution in [-0.2, 0) is 0 Å². The minimum atomic E-state index is -0.260. The van der Waals surface area contributed by atoms with E-state index in [-0.39, 0.29) is 11.2 Å². The van der Waals surface area contributed by atoms with E-state index in [1.165, 1.54) is 0 Å². The van der Waals surface area contributed by atoms with Gasteiger partial charge in [-0.1, -0.05) is 36.4 Å². The molecule has 0 heterocycles. The van der Waals surface area contributed by atoms with Gasteiger partial charge in [-0.2, -0.15) is 0 Å². The van der Waals surface area contributed by atoms with Crippen molar-refractivity contribution in [2.45, 2.75) is 52.7 Å². The standard InChI is InChI=1S/C20H26O2/c1-19(2,3)21-16-13-10-14-17(22-20(4,5)6)18(16)15-11-8-7-9-12-15/h7-14H,1-6H3. The molecule has 2 heteroatoms. The lowest BCUT2D eigenvalue weighted by molar-refractivity contribution is 0.123. The van der Waals surface area contributed by atoms with E-state index in [1.807, 2.05) is 36.4 Å². The molecule has 0 unspecified atom stereocenters. The highest BCUT2D eigenvalue weighted by atomic mass is 16.5. The lowest BCUT2D eigenvalue weighted by Gasteiger charge is -2.27. The van der Waals surface area contributed by atoms with Crippen LogP contribution < -0.4 is 9.47 Å². The van der Waals surface area contributed by atoms with Crippen LogP contribution in [-0.4, -0.2) is 11.2 Å². The quantitative estimate of drug-likeness (QED) is 0.722. The summed E-state index contributed by atoms with van der Waals surface area (Å²) in [6, 6.07) is 16.2. The number of ether oxygens (including phenoxy) is 2. The van der Waals surface area contributed by atoms with Crippen molar-refractivity contribution < 1.29 is 9.47 Å². The maximum absolute atomic E-state index is 6.16. The van der Waals surface area contributed by atoms with Crippen LogP contribution in [0, 0.1) is 0 Å². The van der Waals surface area contributed by atoms with E-state index in [4.69, 9.17) is 9.47 Å². The fraction of sp³-hybridized carbons (Fsp3) is 0.400. The lowest BCUT2D eigenvalue weighted by Crippen LogP contribution is -2.25. The Morgan fingerprint density at radius 2 is 1.05 bits per heavy atom. The molecule has 0 aliphatic heterocycles. The zero-order chi connectivity index (χ0) is 16.4. The molecule has 2 aromatic carbocycles. The van der Waals surface area contributed by atoms with Gasteiger partial charge in [0.05, 0.1) is 5.56 Å². The van der Waals surface area contributed by atoms with Crippen LogP contribution in [0.5, 0.6) is 11.5 Å². The van der Waals surface area contributed by atoms with Crippen LogP contribution >= 0.6 is 0 Å². The van der Waals surface area contributed by atoms with Crippen LogP contribution in [0.25, 0.3) is 11.1 Å². The molecule has 0 radical (unpaired) electrons. The average molecular weight is 298 g/mol. The van der Waals surface area contributed by atoms with Gasteiger partial charge in [0.15, 0.2) is 0 Å². The monoisotopic (exact) mass is 298 g/mol. The van der Waals surface area contributed by atoms with E-state index in [0.29, 0.717) is 0 Å². The first-order chi connectivity index (χ1) is 10.2. The highest BCUT2D eigenvalue weighted by Gasteiger charge is 2.21. The summed E-state index contributed by atoms with van der Waals surface area (Å²) in [5.74, 6) is 1.70. The highest BCUT2D eigenvalue weighted by molar-refractivity contribution is 5.77. The molecular formula is C20H26O2. The SMILES string of the molecule is CC(C)(C)Oc1cccc(OC(C)(C)C)c1-c1ccccc1. The van der Waals surface area contributed by atoms with Gasteiger partial charge in [0.2, 0.25) is 0 Å². The molecule has 2 rings (SSSR count). The maximum atomic E-state index is 6.16. The smallest absolute Gasteiger partial charge is 0.131 e. The van der Waals surface area contributed by atoms with E-state index in [0.717, 1.165) is 22.6 Å². The van der Waals surface area contributed by atoms with Gasteiger partial charge in [-0.25, -0.2) is 0 Å². The van der Waals surface area contributed by atoms with Crippen LogP contribution in [0.4, 0.5) is 0 Å². The van der Waals surface area contributed by atoms with Crippen molar-refractivity contribution in [3.05, 3.63) is 48.5 Å². The molecule has 2 aromatic rings. The van der Waals surface area contributed by atoms with E-state index >= 15 is 0 Å². The molecule has 0 aliphatic rings. The molecule has 0 atom stereocenters. The number of rotatable bonds is 3. The molecule has 0 saturated heterocycles. The summed E-state index contributed by atoms with van der Waals surface area (Å²) in [5, 5.41) is 0. The predicted molar refractivity (Wildman–Crippen MR) is 92.6 cm³/mol. The Bertz CT molecular complexity index is 582. The largest absolute Gasteiger partial charge is 0.487 e. The third-order valence-electron chi connectivity index (χ3n) is 2.88. The summed E-state index contributed by atoms with van der Waals surface area (Å²) in [5.41, 5.74) is 1.59. The van der Waals surface area contributed by atoms with Crippen LogP contribution in [0.3, 0.4) is 0 Å². The van der Waals surface area contributed by atoms with Gasteiger partial charge in [0.1, 0.15) is 22.7 Å². The summed E-state index contributed by atoms with van der Waals surface area (Å²) >= 11 is 0. The van der Waals surface area contributed by atoms with Crippen molar-refractivity contribution >= 4 is 0 Å². The van der Waals surface area contributed by atoms with Gasteiger partial charge in [-0.05, 0) is 59.2 Å². The molecule has 0 amide bonds. The van der Waals surface area contributed by atoms with Gasteiger partial charge >= 0.3 is 0 Å². The van der Waals surface area contributed by atoms with Crippen molar-refractivity contribution in [3.8, 4) is 22.6 Å². The average Bonchev–Trinajstić information content (AvgIpc) is 2.36. The summed E-state index contributed by atoms with van der Waals surface area (Å²) in [4.78, 5) is 0. The van der Waals surface area contributed by atoms with Crippen LogP contribution in [0.15, 0.2) is 48.5 Å². The molecule has 2 nitrogen and oxygen atoms in total. The molecule has 0 aliphatic carbocycles. The normalized spacial score (nSPS) is 12.1. The molecule has 0 spiro atoms. The third-order valence-corrected chi connectivity index (χ3v) is 2.88. The summed E-state index contributed by atoms with van der Waals surface area (Å²) in [6.07, 6.45) is 0. The Kier molecular flexibility index (Phi) is 4.50. The topological polar surface area (TPSA) is 18.5 Å². The Balaban J connectivity index is 2.57. The second-order valence-corrected chi connectivity index (χ2v) is 7.42. The molecule has 0 bridgehead atoms. The number of hydrogen-bond donors (Lipinski definition) is 0. The zero-order valence-electron chi connectivity index (χ0n) is 14.4. The molecule has 0 saturated carbocycles. The van der Waals surface area contributed by atoms with Gasteiger partial charge in [-0.3, -0.25) is 0 Å². The van der Waals surface area contributed by atoms with E-state index < -0.39 is 0 Å². The number of hydrogen-bond acceptors (Lipinski definition) is 2. The van der Waals surface area contributed by atoms with Crippen molar-refractivity contribution in [2.24, 2.45) is 0 Å². The Hall–Kier alpha value is -1.96. The summed E-state index contributed by atoms with van der Waals surface area (Å²) in [7, 11) is 0. The predicted octanol–water partition coefficient (Wildman–Crippen LogP) is 5.71. The second-order valence-electron chi connectivity index (χ2n) is 7.42. The van der Waals surface area contributed by atoms with Crippen molar-refractivity contribution in [1.29, 1.82) is 0 Å². The summed E-state index contributed by atoms with van der Waals surface area (Å²) < 4.78 is 12.3. The first kappa shape index (κ1) is 16.4. The molecular weight excluding hydrogens is 272 g/mol. The fourth-order valence-corrected chi connectivity index (χ4v) is 2.23. The van der Waals surface area contributed by atoms with Gasteiger partial charge in [0.25, 0.3) is 0 Å². The Morgan fingerprint density at radius 3 is 1.45 bits per heavy atom. The van der Waals surface area contributed by atoms with Gasteiger partial charge in [0, 0.05) is 0 Å². The van der Waals surface area contributed by atoms with E-state index in [2.05, 4.69) is 53.7 Å². The van der Waals surface area contributed by atoms with Gasteiger partial charge in [-0.15, -0.1) is 0 Å². The first-order valence-electron chi connectivity index (χ1n) is 7.72. The molecule has 0 aromatic heterocycles. The minimum absolute atomic E-state index is 0.260. The zero-order valence-corrected chi connectivity index (χ0v) is 14.4. The maximum Gasteiger partial charge on any atom is 0.131 e.